The van der Waals surface area contributed by atoms with Crippen LogP contribution in [0.25, 0.3) is 0 Å². The second-order valence-electron chi connectivity index (χ2n) is 9.08. The maximum atomic E-state index is 13.0. The van der Waals surface area contributed by atoms with E-state index in [0.29, 0.717) is 37.6 Å². The van der Waals surface area contributed by atoms with Crippen molar-refractivity contribution in [2.75, 3.05) is 18.4 Å². The van der Waals surface area contributed by atoms with Gasteiger partial charge < -0.3 is 4.42 Å². The SMILES string of the molecule is Cc1ccc(S(=O)(=O)N2CCCC(C(=O)Nc3nnc(Cc4ccc(C(C)C)cc4)o3)C2)cc1. The van der Waals surface area contributed by atoms with E-state index in [0.717, 1.165) is 11.1 Å². The van der Waals surface area contributed by atoms with Gasteiger partial charge in [-0.05, 0) is 48.9 Å². The van der Waals surface area contributed by atoms with Crippen LogP contribution >= 0.6 is 0 Å². The third kappa shape index (κ3) is 5.53. The number of rotatable bonds is 7. The van der Waals surface area contributed by atoms with Crippen molar-refractivity contribution >= 4 is 21.9 Å². The molecule has 0 aliphatic carbocycles. The molecule has 0 saturated carbocycles. The third-order valence-electron chi connectivity index (χ3n) is 6.11. The molecular weight excluding hydrogens is 452 g/mol. The molecule has 1 N–H and O–H groups in total. The van der Waals surface area contributed by atoms with Gasteiger partial charge in [-0.15, -0.1) is 5.10 Å². The number of amides is 1. The van der Waals surface area contributed by atoms with Crippen molar-refractivity contribution in [3.8, 4) is 0 Å². The highest BCUT2D eigenvalue weighted by Crippen LogP contribution is 2.25. The van der Waals surface area contributed by atoms with Gasteiger partial charge in [0.25, 0.3) is 0 Å². The molecule has 0 radical (unpaired) electrons. The number of carbonyl (C=O) groups is 1. The van der Waals surface area contributed by atoms with Crippen molar-refractivity contribution in [1.82, 2.24) is 14.5 Å². The van der Waals surface area contributed by atoms with Gasteiger partial charge in [0.15, 0.2) is 0 Å². The van der Waals surface area contributed by atoms with E-state index >= 15 is 0 Å². The number of anilines is 1. The molecule has 0 spiro atoms. The summed E-state index contributed by atoms with van der Waals surface area (Å²) in [6.45, 7) is 6.70. The minimum Gasteiger partial charge on any atom is -0.407 e. The molecular formula is C25H30N4O4S. The van der Waals surface area contributed by atoms with E-state index in [1.54, 1.807) is 24.3 Å². The number of aromatic nitrogens is 2. The van der Waals surface area contributed by atoms with Crippen LogP contribution in [0.1, 0.15) is 55.2 Å². The van der Waals surface area contributed by atoms with Crippen LogP contribution < -0.4 is 5.32 Å². The van der Waals surface area contributed by atoms with Gasteiger partial charge in [-0.2, -0.15) is 4.31 Å². The smallest absolute Gasteiger partial charge is 0.322 e. The molecule has 1 aliphatic heterocycles. The van der Waals surface area contributed by atoms with E-state index < -0.39 is 15.9 Å². The van der Waals surface area contributed by atoms with E-state index in [9.17, 15) is 13.2 Å². The predicted octanol–water partition coefficient (Wildman–Crippen LogP) is 4.13. The van der Waals surface area contributed by atoms with Gasteiger partial charge in [0.1, 0.15) is 0 Å². The standard InChI is InChI=1S/C25H30N4O4S/c1-17(2)20-10-8-19(9-11-20)15-23-27-28-25(33-23)26-24(30)21-5-4-14-29(16-21)34(31,32)22-12-6-18(3)7-13-22/h6-13,17,21H,4-5,14-16H2,1-3H3,(H,26,28,30). The number of hydrogen-bond donors (Lipinski definition) is 1. The Bertz CT molecular complexity index is 1230. The van der Waals surface area contributed by atoms with E-state index in [2.05, 4.69) is 41.5 Å². The highest BCUT2D eigenvalue weighted by molar-refractivity contribution is 7.89. The molecule has 2 aromatic carbocycles. The van der Waals surface area contributed by atoms with Gasteiger partial charge in [-0.25, -0.2) is 8.42 Å². The molecule has 1 amide bonds. The van der Waals surface area contributed by atoms with Crippen LogP contribution in [0.5, 0.6) is 0 Å². The highest BCUT2D eigenvalue weighted by atomic mass is 32.2. The van der Waals surface area contributed by atoms with Crippen molar-refractivity contribution in [3.05, 3.63) is 71.1 Å². The molecule has 3 aromatic rings. The number of nitrogens with zero attached hydrogens (tertiary/aromatic N) is 3. The van der Waals surface area contributed by atoms with Gasteiger partial charge in [0.2, 0.25) is 21.8 Å². The van der Waals surface area contributed by atoms with E-state index in [1.807, 2.05) is 19.1 Å². The van der Waals surface area contributed by atoms with Crippen molar-refractivity contribution < 1.29 is 17.6 Å². The molecule has 0 bridgehead atoms. The Morgan fingerprint density at radius 2 is 1.82 bits per heavy atom. The summed E-state index contributed by atoms with van der Waals surface area (Å²) in [6, 6.07) is 15.0. The maximum Gasteiger partial charge on any atom is 0.322 e. The molecule has 4 rings (SSSR count). The molecule has 180 valence electrons. The lowest BCUT2D eigenvalue weighted by atomic mass is 9.99. The second kappa shape index (κ2) is 10.1. The first kappa shape index (κ1) is 24.1. The van der Waals surface area contributed by atoms with Crippen LogP contribution in [0, 0.1) is 12.8 Å². The first-order chi connectivity index (χ1) is 16.2. The molecule has 1 unspecified atom stereocenters. The summed E-state index contributed by atoms with van der Waals surface area (Å²) in [5.41, 5.74) is 3.28. The monoisotopic (exact) mass is 482 g/mol. The number of aryl methyl sites for hydroxylation is 1. The second-order valence-corrected chi connectivity index (χ2v) is 11.0. The molecule has 8 nitrogen and oxygen atoms in total. The first-order valence-corrected chi connectivity index (χ1v) is 13.0. The number of hydrogen-bond acceptors (Lipinski definition) is 6. The largest absolute Gasteiger partial charge is 0.407 e. The molecule has 1 fully saturated rings. The van der Waals surface area contributed by atoms with Crippen molar-refractivity contribution in [1.29, 1.82) is 0 Å². The zero-order valence-corrected chi connectivity index (χ0v) is 20.5. The molecule has 9 heteroatoms. The first-order valence-electron chi connectivity index (χ1n) is 11.5. The van der Waals surface area contributed by atoms with Gasteiger partial charge in [0.05, 0.1) is 17.2 Å². The minimum absolute atomic E-state index is 0.0253. The Kier molecular flexibility index (Phi) is 7.13. The van der Waals surface area contributed by atoms with E-state index in [4.69, 9.17) is 4.42 Å². The molecule has 1 saturated heterocycles. The van der Waals surface area contributed by atoms with Crippen LogP contribution in [0.2, 0.25) is 0 Å². The summed E-state index contributed by atoms with van der Waals surface area (Å²) in [5, 5.41) is 10.6. The number of nitrogens with one attached hydrogen (secondary N) is 1. The van der Waals surface area contributed by atoms with Crippen LogP contribution in [0.3, 0.4) is 0 Å². The summed E-state index contributed by atoms with van der Waals surface area (Å²) in [6.07, 6.45) is 1.66. The number of carbonyl (C=O) groups excluding carboxylic acids is 1. The van der Waals surface area contributed by atoms with Gasteiger partial charge in [0, 0.05) is 13.1 Å². The summed E-state index contributed by atoms with van der Waals surface area (Å²) in [7, 11) is -3.66. The quantitative estimate of drug-likeness (QED) is 0.543. The summed E-state index contributed by atoms with van der Waals surface area (Å²) >= 11 is 0. The predicted molar refractivity (Wildman–Crippen MR) is 129 cm³/mol. The number of sulfonamides is 1. The van der Waals surface area contributed by atoms with Crippen molar-refractivity contribution in [3.63, 3.8) is 0 Å². The van der Waals surface area contributed by atoms with E-state index in [-0.39, 0.29) is 23.4 Å². The summed E-state index contributed by atoms with van der Waals surface area (Å²) in [5.74, 6) is 0.0508. The Balaban J connectivity index is 1.37. The third-order valence-corrected chi connectivity index (χ3v) is 7.99. The molecule has 34 heavy (non-hydrogen) atoms. The molecule has 1 atom stereocenters. The zero-order valence-electron chi connectivity index (χ0n) is 19.7. The summed E-state index contributed by atoms with van der Waals surface area (Å²) < 4.78 is 33.0. The molecule has 2 heterocycles. The fraction of sp³-hybridized carbons (Fsp3) is 0.400. The zero-order chi connectivity index (χ0) is 24.3. The fourth-order valence-corrected chi connectivity index (χ4v) is 5.54. The Morgan fingerprint density at radius 3 is 2.50 bits per heavy atom. The lowest BCUT2D eigenvalue weighted by Crippen LogP contribution is -2.43. The normalized spacial score (nSPS) is 17.1. The Labute approximate surface area is 200 Å². The van der Waals surface area contributed by atoms with Crippen molar-refractivity contribution in [2.45, 2.75) is 50.8 Å². The van der Waals surface area contributed by atoms with Crippen LogP contribution in [-0.2, 0) is 21.2 Å². The van der Waals surface area contributed by atoms with Crippen LogP contribution in [0.4, 0.5) is 6.01 Å². The van der Waals surface area contributed by atoms with Gasteiger partial charge in [-0.1, -0.05) is 60.9 Å². The average molecular weight is 483 g/mol. The lowest BCUT2D eigenvalue weighted by molar-refractivity contribution is -0.121. The average Bonchev–Trinajstić information content (AvgIpc) is 3.26. The van der Waals surface area contributed by atoms with E-state index in [1.165, 1.54) is 9.87 Å². The topological polar surface area (TPSA) is 105 Å². The van der Waals surface area contributed by atoms with Crippen LogP contribution in [-0.4, -0.2) is 41.9 Å². The minimum atomic E-state index is -3.66. The molecule has 1 aromatic heterocycles. The maximum absolute atomic E-state index is 13.0. The highest BCUT2D eigenvalue weighted by Gasteiger charge is 2.33. The van der Waals surface area contributed by atoms with Crippen LogP contribution in [0.15, 0.2) is 57.8 Å². The molecule has 1 aliphatic rings. The van der Waals surface area contributed by atoms with Crippen molar-refractivity contribution in [2.24, 2.45) is 5.92 Å². The fourth-order valence-electron chi connectivity index (χ4n) is 4.01. The Morgan fingerprint density at radius 1 is 1.12 bits per heavy atom. The Hall–Kier alpha value is -3.04. The lowest BCUT2D eigenvalue weighted by Gasteiger charge is -2.30. The van der Waals surface area contributed by atoms with Gasteiger partial charge >= 0.3 is 6.01 Å². The number of benzene rings is 2. The van der Waals surface area contributed by atoms with Gasteiger partial charge in [-0.3, -0.25) is 10.1 Å². The number of piperidine rings is 1. The summed E-state index contributed by atoms with van der Waals surface area (Å²) in [4.78, 5) is 13.1.